The number of benzene rings is 2. The lowest BCUT2D eigenvalue weighted by molar-refractivity contribution is -0.385. The maximum atomic E-state index is 12.2. The van der Waals surface area contributed by atoms with E-state index in [1.165, 1.54) is 18.2 Å². The first-order chi connectivity index (χ1) is 14.1. The van der Waals surface area contributed by atoms with Crippen LogP contribution >= 0.6 is 0 Å². The van der Waals surface area contributed by atoms with Gasteiger partial charge in [-0.15, -0.1) is 0 Å². The fraction of sp³-hybridized carbons (Fsp3) is 0.158. The van der Waals surface area contributed by atoms with E-state index in [1.54, 1.807) is 0 Å². The smallest absolute Gasteiger partial charge is 0.328 e. The second-order valence-electron chi connectivity index (χ2n) is 6.10. The van der Waals surface area contributed by atoms with Crippen LogP contribution in [-0.2, 0) is 20.7 Å². The van der Waals surface area contributed by atoms with Gasteiger partial charge in [0.1, 0.15) is 6.04 Å². The first kappa shape index (κ1) is 22.0. The zero-order chi connectivity index (χ0) is 22.4. The first-order valence-corrected chi connectivity index (χ1v) is 8.40. The number of ether oxygens (including phenoxy) is 1. The molecule has 158 valence electrons. The summed E-state index contributed by atoms with van der Waals surface area (Å²) < 4.78 is 4.64. The summed E-state index contributed by atoms with van der Waals surface area (Å²) in [6, 6.07) is 4.37. The Kier molecular flexibility index (Phi) is 6.81. The van der Waals surface area contributed by atoms with Crippen LogP contribution in [0, 0.1) is 10.1 Å². The van der Waals surface area contributed by atoms with Gasteiger partial charge in [-0.1, -0.05) is 6.07 Å². The van der Waals surface area contributed by atoms with E-state index in [1.807, 2.05) is 0 Å². The molecule has 0 saturated heterocycles. The monoisotopic (exact) mass is 418 g/mol. The molecule has 2 aromatic carbocycles. The van der Waals surface area contributed by atoms with Crippen molar-refractivity contribution in [2.75, 3.05) is 7.11 Å². The van der Waals surface area contributed by atoms with Gasteiger partial charge < -0.3 is 30.5 Å². The lowest BCUT2D eigenvalue weighted by atomic mass is 10.0. The molecule has 1 unspecified atom stereocenters. The number of aromatic hydroxyl groups is 4. The van der Waals surface area contributed by atoms with Gasteiger partial charge in [0.2, 0.25) is 5.91 Å². The van der Waals surface area contributed by atoms with Crippen LogP contribution in [0.1, 0.15) is 11.1 Å². The first-order valence-electron chi connectivity index (χ1n) is 8.40. The zero-order valence-corrected chi connectivity index (χ0v) is 15.6. The molecule has 30 heavy (non-hydrogen) atoms. The summed E-state index contributed by atoms with van der Waals surface area (Å²) in [6.45, 7) is 0. The third-order valence-corrected chi connectivity index (χ3v) is 4.02. The van der Waals surface area contributed by atoms with Gasteiger partial charge in [0.25, 0.3) is 5.69 Å². The van der Waals surface area contributed by atoms with Gasteiger partial charge in [0.15, 0.2) is 23.0 Å². The highest BCUT2D eigenvalue weighted by molar-refractivity contribution is 5.95. The molecule has 1 amide bonds. The molecule has 0 spiro atoms. The molecular formula is C19H18N2O9. The molecule has 0 aliphatic rings. The second kappa shape index (κ2) is 9.28. The normalized spacial score (nSPS) is 11.8. The van der Waals surface area contributed by atoms with Crippen LogP contribution in [0.4, 0.5) is 5.69 Å². The number of rotatable bonds is 7. The van der Waals surface area contributed by atoms with Crippen LogP contribution in [0.2, 0.25) is 0 Å². The summed E-state index contributed by atoms with van der Waals surface area (Å²) in [5, 5.41) is 51.3. The van der Waals surface area contributed by atoms with Crippen molar-refractivity contribution >= 4 is 23.6 Å². The molecule has 0 saturated carbocycles. The molecule has 0 heterocycles. The van der Waals surface area contributed by atoms with Crippen molar-refractivity contribution in [2.24, 2.45) is 0 Å². The van der Waals surface area contributed by atoms with Gasteiger partial charge in [0, 0.05) is 12.5 Å². The van der Waals surface area contributed by atoms with Gasteiger partial charge in [-0.25, -0.2) is 4.79 Å². The maximum absolute atomic E-state index is 12.2. The molecule has 1 atom stereocenters. The molecule has 0 bridgehead atoms. The Bertz CT molecular complexity index is 1020. The number of nitro benzene ring substituents is 1. The van der Waals surface area contributed by atoms with E-state index in [9.17, 15) is 40.1 Å². The van der Waals surface area contributed by atoms with Crippen molar-refractivity contribution in [1.29, 1.82) is 0 Å². The quantitative estimate of drug-likeness (QED) is 0.146. The van der Waals surface area contributed by atoms with Gasteiger partial charge in [-0.2, -0.15) is 0 Å². The zero-order valence-electron chi connectivity index (χ0n) is 15.6. The predicted octanol–water partition coefficient (Wildman–Crippen LogP) is 1.33. The predicted molar refractivity (Wildman–Crippen MR) is 103 cm³/mol. The van der Waals surface area contributed by atoms with E-state index in [0.29, 0.717) is 5.56 Å². The standard InChI is InChI=1S/C19H18N2O9/c1-30-19(27)12(6-10-2-4-14(22)15(23)7-10)20-18(26)5-3-11-8-16(24)17(25)9-13(11)21(28)29/h2-5,7-9,12,22-25H,6H2,1H3,(H,20,26). The minimum Gasteiger partial charge on any atom is -0.504 e. The number of nitro groups is 1. The van der Waals surface area contributed by atoms with Crippen LogP contribution in [0.25, 0.3) is 6.08 Å². The highest BCUT2D eigenvalue weighted by Gasteiger charge is 2.22. The van der Waals surface area contributed by atoms with Crippen LogP contribution in [-0.4, -0.2) is 50.4 Å². The average Bonchev–Trinajstić information content (AvgIpc) is 2.69. The molecule has 0 aliphatic heterocycles. The van der Waals surface area contributed by atoms with E-state index >= 15 is 0 Å². The number of carbonyl (C=O) groups excluding carboxylic acids is 2. The SMILES string of the molecule is COC(=O)C(Cc1ccc(O)c(O)c1)NC(=O)C=Cc1cc(O)c(O)cc1[N+](=O)[O-]. The molecule has 0 fully saturated rings. The molecule has 0 radical (unpaired) electrons. The molecule has 0 aromatic heterocycles. The lowest BCUT2D eigenvalue weighted by Gasteiger charge is -2.16. The van der Waals surface area contributed by atoms with Crippen molar-refractivity contribution in [1.82, 2.24) is 5.32 Å². The van der Waals surface area contributed by atoms with Crippen molar-refractivity contribution in [3.63, 3.8) is 0 Å². The Balaban J connectivity index is 2.20. The average molecular weight is 418 g/mol. The number of esters is 1. The van der Waals surface area contributed by atoms with E-state index in [-0.39, 0.29) is 17.7 Å². The van der Waals surface area contributed by atoms with E-state index in [2.05, 4.69) is 10.1 Å². The molecular weight excluding hydrogens is 400 g/mol. The van der Waals surface area contributed by atoms with Gasteiger partial charge in [-0.3, -0.25) is 14.9 Å². The number of amides is 1. The highest BCUT2D eigenvalue weighted by atomic mass is 16.6. The van der Waals surface area contributed by atoms with Crippen LogP contribution in [0.3, 0.4) is 0 Å². The largest absolute Gasteiger partial charge is 0.504 e. The second-order valence-corrected chi connectivity index (χ2v) is 6.10. The van der Waals surface area contributed by atoms with E-state index in [0.717, 1.165) is 31.4 Å². The summed E-state index contributed by atoms with van der Waals surface area (Å²) in [6.07, 6.45) is 1.87. The molecule has 2 rings (SSSR count). The number of nitrogens with zero attached hydrogens (tertiary/aromatic N) is 1. The van der Waals surface area contributed by atoms with E-state index in [4.69, 9.17) is 0 Å². The number of carbonyl (C=O) groups is 2. The highest BCUT2D eigenvalue weighted by Crippen LogP contribution is 2.33. The Morgan fingerprint density at radius 2 is 1.73 bits per heavy atom. The van der Waals surface area contributed by atoms with Crippen molar-refractivity contribution < 1.29 is 39.7 Å². The molecule has 0 aliphatic carbocycles. The van der Waals surface area contributed by atoms with Gasteiger partial charge >= 0.3 is 5.97 Å². The molecule has 11 heteroatoms. The Morgan fingerprint density at radius 1 is 1.10 bits per heavy atom. The van der Waals surface area contributed by atoms with Crippen LogP contribution in [0.15, 0.2) is 36.4 Å². The van der Waals surface area contributed by atoms with Crippen LogP contribution in [0.5, 0.6) is 23.0 Å². The molecule has 2 aromatic rings. The van der Waals surface area contributed by atoms with Crippen molar-refractivity contribution in [2.45, 2.75) is 12.5 Å². The Hall–Kier alpha value is -4.28. The van der Waals surface area contributed by atoms with Gasteiger partial charge in [0.05, 0.1) is 23.7 Å². The van der Waals surface area contributed by atoms with E-state index < -0.39 is 45.8 Å². The topological polar surface area (TPSA) is 179 Å². The summed E-state index contributed by atoms with van der Waals surface area (Å²) in [5.41, 5.74) is -0.272. The minimum atomic E-state index is -1.15. The summed E-state index contributed by atoms with van der Waals surface area (Å²) >= 11 is 0. The Morgan fingerprint density at radius 3 is 2.33 bits per heavy atom. The summed E-state index contributed by atoms with van der Waals surface area (Å²) in [5.74, 6) is -3.62. The number of hydrogen-bond donors (Lipinski definition) is 5. The maximum Gasteiger partial charge on any atom is 0.328 e. The van der Waals surface area contributed by atoms with Crippen LogP contribution < -0.4 is 5.32 Å². The number of nitrogens with one attached hydrogen (secondary N) is 1. The number of phenols is 4. The van der Waals surface area contributed by atoms with Gasteiger partial charge in [-0.05, 0) is 29.8 Å². The molecule has 11 nitrogen and oxygen atoms in total. The fourth-order valence-electron chi connectivity index (χ4n) is 2.53. The van der Waals surface area contributed by atoms with Crippen molar-refractivity contribution in [3.05, 3.63) is 57.6 Å². The number of hydrogen-bond acceptors (Lipinski definition) is 9. The Labute approximate surface area is 169 Å². The third-order valence-electron chi connectivity index (χ3n) is 4.02. The lowest BCUT2D eigenvalue weighted by Crippen LogP contribution is -2.42. The summed E-state index contributed by atoms with van der Waals surface area (Å²) in [7, 11) is 1.12. The number of phenolic OH excluding ortho intramolecular Hbond substituents is 4. The third kappa shape index (κ3) is 5.38. The molecule has 5 N–H and O–H groups in total. The fourth-order valence-corrected chi connectivity index (χ4v) is 2.53. The van der Waals surface area contributed by atoms with Crippen molar-refractivity contribution in [3.8, 4) is 23.0 Å². The minimum absolute atomic E-state index is 0.0692. The number of methoxy groups -OCH3 is 1. The summed E-state index contributed by atoms with van der Waals surface area (Å²) in [4.78, 5) is 34.5.